The van der Waals surface area contributed by atoms with Crippen LogP contribution in [0.4, 0.5) is 5.69 Å². The minimum Gasteiger partial charge on any atom is -0.376 e. The fourth-order valence-corrected chi connectivity index (χ4v) is 4.41. The van der Waals surface area contributed by atoms with E-state index in [9.17, 15) is 13.2 Å². The Hall–Kier alpha value is -1.80. The zero-order valence-corrected chi connectivity index (χ0v) is 17.5. The number of carbonyl (C=O) groups is 1. The molecule has 28 heavy (non-hydrogen) atoms. The summed E-state index contributed by atoms with van der Waals surface area (Å²) in [5.41, 5.74) is 0.525. The lowest BCUT2D eigenvalue weighted by molar-refractivity contribution is 0.0858. The number of benzene rings is 2. The highest BCUT2D eigenvalue weighted by atomic mass is 35.5. The van der Waals surface area contributed by atoms with Crippen molar-refractivity contribution in [3.63, 3.8) is 0 Å². The van der Waals surface area contributed by atoms with Gasteiger partial charge in [0.15, 0.2) is 0 Å². The van der Waals surface area contributed by atoms with Gasteiger partial charge in [0.05, 0.1) is 27.3 Å². The molecule has 1 aliphatic heterocycles. The lowest BCUT2D eigenvalue weighted by Gasteiger charge is -2.21. The summed E-state index contributed by atoms with van der Waals surface area (Å²) >= 11 is 12.0. The first-order valence-electron chi connectivity index (χ1n) is 8.73. The molecule has 9 heteroatoms. The molecule has 0 aliphatic carbocycles. The van der Waals surface area contributed by atoms with Crippen molar-refractivity contribution in [3.05, 3.63) is 58.1 Å². The molecular formula is C19H20Cl2N2O4S. The van der Waals surface area contributed by atoms with Gasteiger partial charge in [-0.15, -0.1) is 0 Å². The van der Waals surface area contributed by atoms with Crippen molar-refractivity contribution in [1.82, 2.24) is 5.32 Å². The van der Waals surface area contributed by atoms with Crippen LogP contribution in [-0.4, -0.2) is 40.6 Å². The summed E-state index contributed by atoms with van der Waals surface area (Å²) in [5, 5.41) is 3.48. The topological polar surface area (TPSA) is 75.7 Å². The Morgan fingerprint density at radius 1 is 1.21 bits per heavy atom. The van der Waals surface area contributed by atoms with Crippen LogP contribution in [0.5, 0.6) is 0 Å². The van der Waals surface area contributed by atoms with Crippen LogP contribution in [0.15, 0.2) is 47.4 Å². The van der Waals surface area contributed by atoms with Crippen molar-refractivity contribution >= 4 is 44.8 Å². The van der Waals surface area contributed by atoms with Gasteiger partial charge < -0.3 is 10.1 Å². The molecule has 150 valence electrons. The van der Waals surface area contributed by atoms with Crippen LogP contribution in [0.1, 0.15) is 23.2 Å². The number of amides is 1. The third kappa shape index (κ3) is 4.60. The van der Waals surface area contributed by atoms with E-state index in [1.54, 1.807) is 6.07 Å². The van der Waals surface area contributed by atoms with E-state index in [4.69, 9.17) is 27.9 Å². The van der Waals surface area contributed by atoms with Gasteiger partial charge in [0.25, 0.3) is 15.9 Å². The average Bonchev–Trinajstić information content (AvgIpc) is 3.20. The van der Waals surface area contributed by atoms with Crippen LogP contribution in [-0.2, 0) is 14.8 Å². The Bertz CT molecular complexity index is 958. The van der Waals surface area contributed by atoms with Crippen molar-refractivity contribution in [2.45, 2.75) is 23.8 Å². The molecule has 0 aromatic heterocycles. The van der Waals surface area contributed by atoms with E-state index in [2.05, 4.69) is 5.32 Å². The van der Waals surface area contributed by atoms with Gasteiger partial charge in [-0.2, -0.15) is 0 Å². The molecule has 1 unspecified atom stereocenters. The van der Waals surface area contributed by atoms with E-state index < -0.39 is 10.0 Å². The first kappa shape index (κ1) is 20.9. The molecule has 1 fully saturated rings. The van der Waals surface area contributed by atoms with Gasteiger partial charge in [-0.1, -0.05) is 23.2 Å². The highest BCUT2D eigenvalue weighted by Gasteiger charge is 2.23. The minimum atomic E-state index is -3.81. The van der Waals surface area contributed by atoms with E-state index in [1.165, 1.54) is 43.4 Å². The molecule has 0 saturated carbocycles. The smallest absolute Gasteiger partial charge is 0.264 e. The number of nitrogens with one attached hydrogen (secondary N) is 1. The normalized spacial score (nSPS) is 16.8. The van der Waals surface area contributed by atoms with E-state index >= 15 is 0 Å². The lowest BCUT2D eigenvalue weighted by atomic mass is 10.1. The van der Waals surface area contributed by atoms with E-state index in [0.29, 0.717) is 23.9 Å². The molecule has 2 aromatic carbocycles. The van der Waals surface area contributed by atoms with Gasteiger partial charge in [-0.25, -0.2) is 8.42 Å². The van der Waals surface area contributed by atoms with Crippen molar-refractivity contribution in [2.75, 3.05) is 24.5 Å². The van der Waals surface area contributed by atoms with Crippen LogP contribution in [0.3, 0.4) is 0 Å². The van der Waals surface area contributed by atoms with E-state index in [1.807, 2.05) is 0 Å². The quantitative estimate of drug-likeness (QED) is 0.739. The Kier molecular flexibility index (Phi) is 6.50. The number of anilines is 1. The number of carbonyl (C=O) groups excluding carboxylic acids is 1. The van der Waals surface area contributed by atoms with Gasteiger partial charge in [0, 0.05) is 25.2 Å². The molecule has 1 heterocycles. The van der Waals surface area contributed by atoms with Crippen molar-refractivity contribution in [1.29, 1.82) is 0 Å². The number of halogens is 2. The van der Waals surface area contributed by atoms with Gasteiger partial charge in [0.2, 0.25) is 0 Å². The molecule has 1 aliphatic rings. The van der Waals surface area contributed by atoms with Gasteiger partial charge in [-0.05, 0) is 55.3 Å². The first-order chi connectivity index (χ1) is 13.3. The van der Waals surface area contributed by atoms with Crippen molar-refractivity contribution in [2.24, 2.45) is 0 Å². The van der Waals surface area contributed by atoms with Crippen LogP contribution in [0.25, 0.3) is 0 Å². The molecule has 6 nitrogen and oxygen atoms in total. The molecule has 1 amide bonds. The Morgan fingerprint density at radius 2 is 1.93 bits per heavy atom. The summed E-state index contributed by atoms with van der Waals surface area (Å²) in [6, 6.07) is 10.4. The zero-order chi connectivity index (χ0) is 20.3. The molecule has 3 rings (SSSR count). The van der Waals surface area contributed by atoms with Crippen LogP contribution in [0.2, 0.25) is 10.0 Å². The number of sulfonamides is 1. The number of ether oxygens (including phenoxy) is 1. The standard InChI is InChI=1S/C19H20Cl2N2O4S/c1-23(28(25,26)16-7-4-13(20)5-8-16)14-6-9-18(21)17(11-14)19(24)22-12-15-3-2-10-27-15/h4-9,11,15H,2-3,10,12H2,1H3,(H,22,24). The van der Waals surface area contributed by atoms with Gasteiger partial charge >= 0.3 is 0 Å². The molecule has 2 aromatic rings. The second-order valence-corrected chi connectivity index (χ2v) is 9.25. The third-order valence-electron chi connectivity index (χ3n) is 4.54. The zero-order valence-electron chi connectivity index (χ0n) is 15.2. The molecule has 1 atom stereocenters. The van der Waals surface area contributed by atoms with Crippen molar-refractivity contribution < 1.29 is 17.9 Å². The Balaban J connectivity index is 1.81. The molecular weight excluding hydrogens is 423 g/mol. The average molecular weight is 443 g/mol. The predicted octanol–water partition coefficient (Wildman–Crippen LogP) is 3.73. The number of hydrogen-bond donors (Lipinski definition) is 1. The first-order valence-corrected chi connectivity index (χ1v) is 10.9. The minimum absolute atomic E-state index is 0.00105. The monoisotopic (exact) mass is 442 g/mol. The van der Waals surface area contributed by atoms with Gasteiger partial charge in [-0.3, -0.25) is 9.10 Å². The molecule has 0 radical (unpaired) electrons. The third-order valence-corrected chi connectivity index (χ3v) is 6.93. The Labute approximate surface area is 174 Å². The molecule has 0 spiro atoms. The molecule has 1 N–H and O–H groups in total. The fraction of sp³-hybridized carbons (Fsp3) is 0.316. The van der Waals surface area contributed by atoms with Crippen LogP contribution < -0.4 is 9.62 Å². The highest BCUT2D eigenvalue weighted by molar-refractivity contribution is 7.92. The summed E-state index contributed by atoms with van der Waals surface area (Å²) < 4.78 is 32.3. The van der Waals surface area contributed by atoms with E-state index in [-0.39, 0.29) is 27.5 Å². The number of rotatable bonds is 6. The van der Waals surface area contributed by atoms with Crippen LogP contribution in [0, 0.1) is 0 Å². The summed E-state index contributed by atoms with van der Waals surface area (Å²) in [7, 11) is -2.39. The summed E-state index contributed by atoms with van der Waals surface area (Å²) in [5.74, 6) is -0.375. The van der Waals surface area contributed by atoms with Crippen molar-refractivity contribution in [3.8, 4) is 0 Å². The predicted molar refractivity (Wildman–Crippen MR) is 110 cm³/mol. The maximum Gasteiger partial charge on any atom is 0.264 e. The second-order valence-electron chi connectivity index (χ2n) is 6.44. The number of nitrogens with zero attached hydrogens (tertiary/aromatic N) is 1. The summed E-state index contributed by atoms with van der Waals surface area (Å²) in [6.45, 7) is 1.09. The summed E-state index contributed by atoms with van der Waals surface area (Å²) in [4.78, 5) is 12.6. The molecule has 1 saturated heterocycles. The largest absolute Gasteiger partial charge is 0.376 e. The molecule has 0 bridgehead atoms. The lowest BCUT2D eigenvalue weighted by Crippen LogP contribution is -2.32. The van der Waals surface area contributed by atoms with Gasteiger partial charge in [0.1, 0.15) is 0 Å². The SMILES string of the molecule is CN(c1ccc(Cl)c(C(=O)NCC2CCCO2)c1)S(=O)(=O)c1ccc(Cl)cc1. The fourth-order valence-electron chi connectivity index (χ4n) is 2.89. The maximum atomic E-state index is 12.8. The second kappa shape index (κ2) is 8.69. The Morgan fingerprint density at radius 3 is 2.57 bits per heavy atom. The summed E-state index contributed by atoms with van der Waals surface area (Å²) in [6.07, 6.45) is 1.87. The maximum absolute atomic E-state index is 12.8. The van der Waals surface area contributed by atoms with Crippen LogP contribution >= 0.6 is 23.2 Å². The number of hydrogen-bond acceptors (Lipinski definition) is 4. The highest BCUT2D eigenvalue weighted by Crippen LogP contribution is 2.27. The van der Waals surface area contributed by atoms with E-state index in [0.717, 1.165) is 17.1 Å².